The molecule has 0 aliphatic carbocycles. The van der Waals surface area contributed by atoms with Crippen LogP contribution in [0.25, 0.3) is 22.8 Å². The van der Waals surface area contributed by atoms with Gasteiger partial charge in [0, 0.05) is 24.6 Å². The Labute approximate surface area is 128 Å². The van der Waals surface area contributed by atoms with Gasteiger partial charge in [-0.3, -0.25) is 9.97 Å². The monoisotopic (exact) mass is 292 g/mol. The SMILES string of the molecule is OCCNc1ccnc(-c2cccc(-c3ccccn3)n2)c1. The fourth-order valence-corrected chi connectivity index (χ4v) is 2.12. The first kappa shape index (κ1) is 14.2. The van der Waals surface area contributed by atoms with Crippen LogP contribution in [0.3, 0.4) is 0 Å². The molecule has 0 bridgehead atoms. The summed E-state index contributed by atoms with van der Waals surface area (Å²) < 4.78 is 0. The summed E-state index contributed by atoms with van der Waals surface area (Å²) in [5.41, 5.74) is 4.12. The molecule has 0 atom stereocenters. The molecule has 0 aliphatic rings. The Bertz CT molecular complexity index is 746. The zero-order chi connectivity index (χ0) is 15.2. The van der Waals surface area contributed by atoms with E-state index in [-0.39, 0.29) is 6.61 Å². The fraction of sp³-hybridized carbons (Fsp3) is 0.118. The van der Waals surface area contributed by atoms with Gasteiger partial charge in [0.25, 0.3) is 0 Å². The maximum Gasteiger partial charge on any atom is 0.0906 e. The molecule has 5 heteroatoms. The number of hydrogen-bond donors (Lipinski definition) is 2. The molecular weight excluding hydrogens is 276 g/mol. The van der Waals surface area contributed by atoms with E-state index in [0.717, 1.165) is 28.5 Å². The molecular formula is C17H16N4O. The van der Waals surface area contributed by atoms with Crippen LogP contribution in [-0.4, -0.2) is 33.2 Å². The van der Waals surface area contributed by atoms with Crippen LogP contribution in [0.5, 0.6) is 0 Å². The van der Waals surface area contributed by atoms with Gasteiger partial charge < -0.3 is 10.4 Å². The molecule has 0 fully saturated rings. The van der Waals surface area contributed by atoms with Gasteiger partial charge in [-0.15, -0.1) is 0 Å². The maximum atomic E-state index is 8.88. The molecule has 0 amide bonds. The van der Waals surface area contributed by atoms with Crippen molar-refractivity contribution >= 4 is 5.69 Å². The number of rotatable bonds is 5. The summed E-state index contributed by atoms with van der Waals surface area (Å²) in [7, 11) is 0. The van der Waals surface area contributed by atoms with Crippen LogP contribution < -0.4 is 5.32 Å². The molecule has 0 radical (unpaired) electrons. The van der Waals surface area contributed by atoms with Crippen molar-refractivity contribution in [2.75, 3.05) is 18.5 Å². The molecule has 3 rings (SSSR count). The summed E-state index contributed by atoms with van der Waals surface area (Å²) in [5, 5.41) is 12.0. The first-order valence-electron chi connectivity index (χ1n) is 7.06. The fourth-order valence-electron chi connectivity index (χ4n) is 2.12. The Hall–Kier alpha value is -2.79. The first-order valence-corrected chi connectivity index (χ1v) is 7.06. The van der Waals surface area contributed by atoms with Crippen LogP contribution in [-0.2, 0) is 0 Å². The minimum atomic E-state index is 0.0884. The quantitative estimate of drug-likeness (QED) is 0.756. The van der Waals surface area contributed by atoms with E-state index >= 15 is 0 Å². The lowest BCUT2D eigenvalue weighted by Crippen LogP contribution is -2.05. The van der Waals surface area contributed by atoms with Gasteiger partial charge >= 0.3 is 0 Å². The third-order valence-electron chi connectivity index (χ3n) is 3.14. The van der Waals surface area contributed by atoms with E-state index in [0.29, 0.717) is 6.54 Å². The van der Waals surface area contributed by atoms with Gasteiger partial charge in [0.05, 0.1) is 29.4 Å². The number of aliphatic hydroxyl groups excluding tert-OH is 1. The Morgan fingerprint density at radius 1 is 0.818 bits per heavy atom. The van der Waals surface area contributed by atoms with E-state index in [1.54, 1.807) is 12.4 Å². The molecule has 0 saturated carbocycles. The van der Waals surface area contributed by atoms with Crippen LogP contribution in [0.1, 0.15) is 0 Å². The average Bonchev–Trinajstić information content (AvgIpc) is 2.61. The Balaban J connectivity index is 1.92. The molecule has 0 spiro atoms. The normalized spacial score (nSPS) is 10.4. The summed E-state index contributed by atoms with van der Waals surface area (Å²) >= 11 is 0. The Kier molecular flexibility index (Phi) is 4.36. The third-order valence-corrected chi connectivity index (χ3v) is 3.14. The van der Waals surface area contributed by atoms with Gasteiger partial charge in [0.1, 0.15) is 0 Å². The summed E-state index contributed by atoms with van der Waals surface area (Å²) in [6.07, 6.45) is 3.48. The van der Waals surface area contributed by atoms with Gasteiger partial charge in [-0.25, -0.2) is 4.98 Å². The highest BCUT2D eigenvalue weighted by molar-refractivity contribution is 5.64. The van der Waals surface area contributed by atoms with Crippen molar-refractivity contribution in [2.24, 2.45) is 0 Å². The third kappa shape index (κ3) is 3.27. The lowest BCUT2D eigenvalue weighted by molar-refractivity contribution is 0.311. The summed E-state index contributed by atoms with van der Waals surface area (Å²) in [6, 6.07) is 15.3. The topological polar surface area (TPSA) is 70.9 Å². The van der Waals surface area contributed by atoms with Crippen molar-refractivity contribution in [2.45, 2.75) is 0 Å². The number of nitrogens with zero attached hydrogens (tertiary/aromatic N) is 3. The largest absolute Gasteiger partial charge is 0.395 e. The Morgan fingerprint density at radius 2 is 1.59 bits per heavy atom. The van der Waals surface area contributed by atoms with Crippen LogP contribution >= 0.6 is 0 Å². The minimum absolute atomic E-state index is 0.0884. The number of aromatic nitrogens is 3. The molecule has 2 N–H and O–H groups in total. The van der Waals surface area contributed by atoms with E-state index in [2.05, 4.69) is 20.3 Å². The molecule has 3 aromatic heterocycles. The van der Waals surface area contributed by atoms with E-state index in [4.69, 9.17) is 5.11 Å². The average molecular weight is 292 g/mol. The molecule has 22 heavy (non-hydrogen) atoms. The van der Waals surface area contributed by atoms with Crippen molar-refractivity contribution in [3.8, 4) is 22.8 Å². The maximum absolute atomic E-state index is 8.88. The van der Waals surface area contributed by atoms with E-state index in [1.807, 2.05) is 48.5 Å². The van der Waals surface area contributed by atoms with Crippen molar-refractivity contribution in [3.05, 3.63) is 60.9 Å². The van der Waals surface area contributed by atoms with Gasteiger partial charge in [0.2, 0.25) is 0 Å². The van der Waals surface area contributed by atoms with Crippen LogP contribution in [0.15, 0.2) is 60.9 Å². The van der Waals surface area contributed by atoms with E-state index < -0.39 is 0 Å². The van der Waals surface area contributed by atoms with Crippen molar-refractivity contribution in [1.82, 2.24) is 15.0 Å². The number of nitrogens with one attached hydrogen (secondary N) is 1. The van der Waals surface area contributed by atoms with Crippen LogP contribution in [0, 0.1) is 0 Å². The number of hydrogen-bond acceptors (Lipinski definition) is 5. The summed E-state index contributed by atoms with van der Waals surface area (Å²) in [4.78, 5) is 13.3. The molecule has 3 aromatic rings. The van der Waals surface area contributed by atoms with Gasteiger partial charge in [0.15, 0.2) is 0 Å². The number of anilines is 1. The number of pyridine rings is 3. The molecule has 5 nitrogen and oxygen atoms in total. The molecule has 3 heterocycles. The van der Waals surface area contributed by atoms with Crippen molar-refractivity contribution < 1.29 is 5.11 Å². The summed E-state index contributed by atoms with van der Waals surface area (Å²) in [5.74, 6) is 0. The second kappa shape index (κ2) is 6.78. The second-order valence-corrected chi connectivity index (χ2v) is 4.70. The molecule has 0 aliphatic heterocycles. The van der Waals surface area contributed by atoms with Gasteiger partial charge in [-0.05, 0) is 36.4 Å². The zero-order valence-electron chi connectivity index (χ0n) is 12.0. The predicted molar refractivity (Wildman–Crippen MR) is 86.3 cm³/mol. The minimum Gasteiger partial charge on any atom is -0.395 e. The molecule has 0 aromatic carbocycles. The zero-order valence-corrected chi connectivity index (χ0v) is 12.0. The highest BCUT2D eigenvalue weighted by Gasteiger charge is 2.05. The first-order chi connectivity index (χ1) is 10.9. The van der Waals surface area contributed by atoms with Gasteiger partial charge in [-0.2, -0.15) is 0 Å². The smallest absolute Gasteiger partial charge is 0.0906 e. The van der Waals surface area contributed by atoms with Crippen molar-refractivity contribution in [3.63, 3.8) is 0 Å². The highest BCUT2D eigenvalue weighted by atomic mass is 16.3. The van der Waals surface area contributed by atoms with Gasteiger partial charge in [-0.1, -0.05) is 12.1 Å². The standard InChI is InChI=1S/C17H16N4O/c22-11-10-18-13-7-9-20-17(12-13)16-6-3-5-15(21-16)14-4-1-2-8-19-14/h1-9,12,22H,10-11H2,(H,18,20). The van der Waals surface area contributed by atoms with E-state index in [1.165, 1.54) is 0 Å². The lowest BCUT2D eigenvalue weighted by atomic mass is 10.2. The summed E-state index contributed by atoms with van der Waals surface area (Å²) in [6.45, 7) is 0.593. The number of aliphatic hydroxyl groups is 1. The highest BCUT2D eigenvalue weighted by Crippen LogP contribution is 2.21. The lowest BCUT2D eigenvalue weighted by Gasteiger charge is -2.07. The second-order valence-electron chi connectivity index (χ2n) is 4.70. The van der Waals surface area contributed by atoms with Crippen molar-refractivity contribution in [1.29, 1.82) is 0 Å². The molecule has 110 valence electrons. The predicted octanol–water partition coefficient (Wildman–Crippen LogP) is 2.61. The van der Waals surface area contributed by atoms with E-state index in [9.17, 15) is 0 Å². The molecule has 0 unspecified atom stereocenters. The van der Waals surface area contributed by atoms with Crippen LogP contribution in [0.4, 0.5) is 5.69 Å². The molecule has 0 saturated heterocycles. The Morgan fingerprint density at radius 3 is 2.36 bits per heavy atom. The van der Waals surface area contributed by atoms with Crippen LogP contribution in [0.2, 0.25) is 0 Å².